The molecule has 8 heteroatoms. The van der Waals surface area contributed by atoms with Gasteiger partial charge in [-0.15, -0.1) is 0 Å². The van der Waals surface area contributed by atoms with Crippen molar-refractivity contribution in [3.8, 4) is 11.5 Å². The highest BCUT2D eigenvalue weighted by Crippen LogP contribution is 2.21. The minimum absolute atomic E-state index is 0.0350. The molecule has 0 aliphatic rings. The Morgan fingerprint density at radius 3 is 2.74 bits per heavy atom. The van der Waals surface area contributed by atoms with E-state index in [9.17, 15) is 9.59 Å². The summed E-state index contributed by atoms with van der Waals surface area (Å²) in [4.78, 5) is 24.4. The molecule has 0 aliphatic carbocycles. The summed E-state index contributed by atoms with van der Waals surface area (Å²) in [5.41, 5.74) is 0.734. The number of aryl methyl sites for hydroxylation is 1. The van der Waals surface area contributed by atoms with E-state index < -0.39 is 5.97 Å². The molecular formula is C19H15N3O5. The lowest BCUT2D eigenvalue weighted by atomic mass is 10.1. The van der Waals surface area contributed by atoms with Crippen LogP contribution in [0.25, 0.3) is 22.3 Å². The fourth-order valence-electron chi connectivity index (χ4n) is 2.76. The number of furan rings is 1. The Labute approximate surface area is 153 Å². The van der Waals surface area contributed by atoms with E-state index in [1.165, 1.54) is 10.9 Å². The van der Waals surface area contributed by atoms with Crippen LogP contribution in [0.3, 0.4) is 0 Å². The van der Waals surface area contributed by atoms with Crippen molar-refractivity contribution in [2.75, 3.05) is 0 Å². The molecule has 0 fully saturated rings. The molecule has 0 aliphatic heterocycles. The van der Waals surface area contributed by atoms with Crippen molar-refractivity contribution >= 4 is 16.7 Å². The molecule has 27 heavy (non-hydrogen) atoms. The Bertz CT molecular complexity index is 1160. The summed E-state index contributed by atoms with van der Waals surface area (Å²) in [5.74, 6) is 0.520. The van der Waals surface area contributed by atoms with Crippen LogP contribution >= 0.6 is 0 Å². The molecule has 0 radical (unpaired) electrons. The number of ether oxygens (including phenoxy) is 1. The topological polar surface area (TPSA) is 100 Å². The molecule has 0 bridgehead atoms. The molecule has 3 heterocycles. The van der Waals surface area contributed by atoms with Crippen LogP contribution in [0.15, 0.2) is 62.5 Å². The Morgan fingerprint density at radius 1 is 1.15 bits per heavy atom. The van der Waals surface area contributed by atoms with Gasteiger partial charge < -0.3 is 13.7 Å². The van der Waals surface area contributed by atoms with Gasteiger partial charge in [-0.2, -0.15) is 5.10 Å². The zero-order valence-corrected chi connectivity index (χ0v) is 14.4. The first-order chi connectivity index (χ1) is 13.1. The number of aromatic nitrogens is 3. The second-order valence-electron chi connectivity index (χ2n) is 5.92. The molecule has 0 saturated carbocycles. The van der Waals surface area contributed by atoms with Crippen LogP contribution in [0.1, 0.15) is 11.4 Å². The second kappa shape index (κ2) is 6.91. The van der Waals surface area contributed by atoms with E-state index in [1.54, 1.807) is 49.5 Å². The van der Waals surface area contributed by atoms with Crippen LogP contribution in [-0.2, 0) is 29.6 Å². The number of rotatable bonds is 5. The Balaban J connectivity index is 1.47. The quantitative estimate of drug-likeness (QED) is 0.501. The van der Waals surface area contributed by atoms with Gasteiger partial charge in [0.2, 0.25) is 5.76 Å². The van der Waals surface area contributed by atoms with E-state index in [-0.39, 0.29) is 18.6 Å². The van der Waals surface area contributed by atoms with Gasteiger partial charge in [-0.05, 0) is 18.2 Å². The molecule has 4 aromatic rings. The van der Waals surface area contributed by atoms with Gasteiger partial charge in [0.1, 0.15) is 12.3 Å². The molecule has 136 valence electrons. The summed E-state index contributed by atoms with van der Waals surface area (Å²) in [7, 11) is 1.55. The molecule has 8 nitrogen and oxygen atoms in total. The SMILES string of the molecule is Cn1nc(CC(=O)OCc2cc(-c3ccco3)on2)c2ccccc2c1=O. The third-order valence-corrected chi connectivity index (χ3v) is 4.05. The molecule has 0 N–H and O–H groups in total. The van der Waals surface area contributed by atoms with Crippen molar-refractivity contribution in [3.05, 3.63) is 70.5 Å². The van der Waals surface area contributed by atoms with Gasteiger partial charge in [0.05, 0.1) is 23.8 Å². The standard InChI is InChI=1S/C19H15N3O5/c1-22-19(24)14-6-3-2-5-13(14)15(20-22)10-18(23)26-11-12-9-17(27-21-12)16-7-4-8-25-16/h2-9H,10-11H2,1H3. The van der Waals surface area contributed by atoms with Gasteiger partial charge >= 0.3 is 5.97 Å². The normalized spacial score (nSPS) is 11.0. The van der Waals surface area contributed by atoms with Crippen LogP contribution in [0.5, 0.6) is 0 Å². The number of fused-ring (bicyclic) bond motifs is 1. The Hall–Kier alpha value is -3.68. The van der Waals surface area contributed by atoms with Crippen molar-refractivity contribution in [2.45, 2.75) is 13.0 Å². The molecule has 0 saturated heterocycles. The fraction of sp³-hybridized carbons (Fsp3) is 0.158. The van der Waals surface area contributed by atoms with Crippen LogP contribution in [0.2, 0.25) is 0 Å². The van der Waals surface area contributed by atoms with Crippen LogP contribution in [0, 0.1) is 0 Å². The maximum atomic E-state index is 12.2. The summed E-state index contributed by atoms with van der Waals surface area (Å²) < 4.78 is 16.9. The summed E-state index contributed by atoms with van der Waals surface area (Å²) in [6.07, 6.45) is 1.47. The van der Waals surface area contributed by atoms with E-state index in [1.807, 2.05) is 0 Å². The smallest absolute Gasteiger partial charge is 0.312 e. The molecule has 3 aromatic heterocycles. The number of hydrogen-bond acceptors (Lipinski definition) is 7. The van der Waals surface area contributed by atoms with Gasteiger partial charge in [-0.1, -0.05) is 23.4 Å². The first-order valence-electron chi connectivity index (χ1n) is 8.22. The molecular weight excluding hydrogens is 350 g/mol. The monoisotopic (exact) mass is 365 g/mol. The predicted octanol–water partition coefficient (Wildman–Crippen LogP) is 2.47. The third kappa shape index (κ3) is 3.37. The molecule has 0 amide bonds. The largest absolute Gasteiger partial charge is 0.461 e. The molecule has 0 unspecified atom stereocenters. The lowest BCUT2D eigenvalue weighted by molar-refractivity contribution is -0.144. The zero-order valence-electron chi connectivity index (χ0n) is 14.4. The van der Waals surface area contributed by atoms with E-state index in [0.717, 1.165) is 0 Å². The predicted molar refractivity (Wildman–Crippen MR) is 94.7 cm³/mol. The first kappa shape index (κ1) is 16.8. The summed E-state index contributed by atoms with van der Waals surface area (Å²) in [6, 6.07) is 12.2. The van der Waals surface area contributed by atoms with Gasteiger partial charge in [-0.3, -0.25) is 9.59 Å². The van der Waals surface area contributed by atoms with Crippen molar-refractivity contribution in [2.24, 2.45) is 7.05 Å². The highest BCUT2D eigenvalue weighted by molar-refractivity contribution is 5.86. The van der Waals surface area contributed by atoms with E-state index in [0.29, 0.717) is 33.7 Å². The summed E-state index contributed by atoms with van der Waals surface area (Å²) in [6.45, 7) is -0.0350. The van der Waals surface area contributed by atoms with Gasteiger partial charge in [0, 0.05) is 18.5 Å². The minimum Gasteiger partial charge on any atom is -0.461 e. The number of hydrogen-bond donors (Lipinski definition) is 0. The lowest BCUT2D eigenvalue weighted by Crippen LogP contribution is -2.22. The highest BCUT2D eigenvalue weighted by atomic mass is 16.5. The van der Waals surface area contributed by atoms with Crippen LogP contribution < -0.4 is 5.56 Å². The van der Waals surface area contributed by atoms with Crippen molar-refractivity contribution in [1.82, 2.24) is 14.9 Å². The number of nitrogens with zero attached hydrogens (tertiary/aromatic N) is 3. The van der Waals surface area contributed by atoms with Crippen LogP contribution in [0.4, 0.5) is 0 Å². The maximum Gasteiger partial charge on any atom is 0.312 e. The third-order valence-electron chi connectivity index (χ3n) is 4.05. The number of carbonyl (C=O) groups excluding carboxylic acids is 1. The van der Waals surface area contributed by atoms with Gasteiger partial charge in [0.15, 0.2) is 5.76 Å². The van der Waals surface area contributed by atoms with Gasteiger partial charge in [-0.25, -0.2) is 4.68 Å². The van der Waals surface area contributed by atoms with E-state index >= 15 is 0 Å². The molecule has 0 atom stereocenters. The summed E-state index contributed by atoms with van der Waals surface area (Å²) in [5, 5.41) is 9.19. The molecule has 0 spiro atoms. The zero-order chi connectivity index (χ0) is 18.8. The average molecular weight is 365 g/mol. The van der Waals surface area contributed by atoms with E-state index in [4.69, 9.17) is 13.7 Å². The number of carbonyl (C=O) groups is 1. The second-order valence-corrected chi connectivity index (χ2v) is 5.92. The molecule has 4 rings (SSSR count). The highest BCUT2D eigenvalue weighted by Gasteiger charge is 2.15. The van der Waals surface area contributed by atoms with Crippen molar-refractivity contribution in [1.29, 1.82) is 0 Å². The average Bonchev–Trinajstić information content (AvgIpc) is 3.36. The number of esters is 1. The molecule has 1 aromatic carbocycles. The van der Waals surface area contributed by atoms with Gasteiger partial charge in [0.25, 0.3) is 5.56 Å². The Morgan fingerprint density at radius 2 is 1.96 bits per heavy atom. The van der Waals surface area contributed by atoms with Crippen LogP contribution in [-0.4, -0.2) is 20.9 Å². The maximum absolute atomic E-state index is 12.2. The number of benzene rings is 1. The van der Waals surface area contributed by atoms with Crippen molar-refractivity contribution in [3.63, 3.8) is 0 Å². The van der Waals surface area contributed by atoms with E-state index in [2.05, 4.69) is 10.3 Å². The lowest BCUT2D eigenvalue weighted by Gasteiger charge is -2.07. The fourth-order valence-corrected chi connectivity index (χ4v) is 2.76. The first-order valence-corrected chi connectivity index (χ1v) is 8.22. The minimum atomic E-state index is -0.478. The summed E-state index contributed by atoms with van der Waals surface area (Å²) >= 11 is 0. The van der Waals surface area contributed by atoms with Crippen molar-refractivity contribution < 1.29 is 18.5 Å². The Kier molecular flexibility index (Phi) is 4.29.